The molecule has 0 spiro atoms. The number of hydrogen-bond acceptors (Lipinski definition) is 5. The van der Waals surface area contributed by atoms with Crippen LogP contribution >= 0.6 is 0 Å². The molecule has 3 rings (SSSR count). The summed E-state index contributed by atoms with van der Waals surface area (Å²) in [4.78, 5) is 48.5. The summed E-state index contributed by atoms with van der Waals surface area (Å²) < 4.78 is 4.55. The van der Waals surface area contributed by atoms with Crippen molar-refractivity contribution >= 4 is 35.8 Å². The molecule has 1 fully saturated rings. The minimum atomic E-state index is -1.48. The molecule has 8 nitrogen and oxygen atoms in total. The Morgan fingerprint density at radius 2 is 1.81 bits per heavy atom. The van der Waals surface area contributed by atoms with Crippen LogP contribution in [0, 0.1) is 6.92 Å². The van der Waals surface area contributed by atoms with Gasteiger partial charge in [0, 0.05) is 0 Å². The molecule has 4 amide bonds. The number of anilines is 1. The molecule has 27 heavy (non-hydrogen) atoms. The molecule has 1 aliphatic heterocycles. The van der Waals surface area contributed by atoms with E-state index in [0.717, 1.165) is 10.5 Å². The van der Waals surface area contributed by atoms with Crippen molar-refractivity contribution in [3.05, 3.63) is 65.2 Å². The van der Waals surface area contributed by atoms with Crippen LogP contribution in [-0.2, 0) is 9.59 Å². The lowest BCUT2D eigenvalue weighted by atomic mass is 10.1. The van der Waals surface area contributed by atoms with E-state index in [0.29, 0.717) is 11.3 Å². The fraction of sp³-hybridized carbons (Fsp3) is 0.0526. The molecule has 0 aliphatic carbocycles. The lowest BCUT2D eigenvalue weighted by Crippen LogP contribution is -2.54. The molecule has 0 saturated carbocycles. The van der Waals surface area contributed by atoms with Gasteiger partial charge in [0.25, 0.3) is 11.8 Å². The molecule has 8 heteroatoms. The van der Waals surface area contributed by atoms with Gasteiger partial charge < -0.3 is 9.84 Å². The van der Waals surface area contributed by atoms with Gasteiger partial charge in [-0.15, -0.1) is 0 Å². The smallest absolute Gasteiger partial charge is 0.449 e. The normalized spacial score (nSPS) is 15.7. The van der Waals surface area contributed by atoms with Crippen molar-refractivity contribution < 1.29 is 29.0 Å². The second-order valence-corrected chi connectivity index (χ2v) is 5.73. The van der Waals surface area contributed by atoms with Crippen LogP contribution < -0.4 is 15.0 Å². The molecule has 0 bridgehead atoms. The molecule has 0 aromatic heterocycles. The van der Waals surface area contributed by atoms with Crippen molar-refractivity contribution in [3.63, 3.8) is 0 Å². The Hall–Kier alpha value is -3.94. The van der Waals surface area contributed by atoms with E-state index >= 15 is 0 Å². The summed E-state index contributed by atoms with van der Waals surface area (Å²) in [6.45, 7) is 1.86. The van der Waals surface area contributed by atoms with E-state index in [1.54, 1.807) is 30.3 Å². The van der Waals surface area contributed by atoms with Crippen molar-refractivity contribution in [1.82, 2.24) is 5.32 Å². The van der Waals surface area contributed by atoms with E-state index in [1.165, 1.54) is 24.3 Å². The maximum atomic E-state index is 12.7. The number of aryl methyl sites for hydroxylation is 1. The van der Waals surface area contributed by atoms with Crippen LogP contribution in [0.15, 0.2) is 54.1 Å². The van der Waals surface area contributed by atoms with Gasteiger partial charge >= 0.3 is 12.2 Å². The first-order valence-corrected chi connectivity index (χ1v) is 7.84. The summed E-state index contributed by atoms with van der Waals surface area (Å²) in [6, 6.07) is 11.7. The standard InChI is InChI=1S/C19H14N2O6/c1-11-5-7-13(8-6-11)21-17(23)15(16(22)20-18(21)24)10-12-3-2-4-14(9-12)27-19(25)26/h2-10H,1H3,(H,25,26)(H,20,22,24). The maximum absolute atomic E-state index is 12.7. The van der Waals surface area contributed by atoms with E-state index in [1.807, 2.05) is 6.92 Å². The third kappa shape index (κ3) is 3.84. The number of ether oxygens (including phenoxy) is 1. The number of carbonyl (C=O) groups is 4. The molecule has 2 aromatic carbocycles. The fourth-order valence-electron chi connectivity index (χ4n) is 2.52. The number of rotatable bonds is 3. The topological polar surface area (TPSA) is 113 Å². The van der Waals surface area contributed by atoms with Crippen LogP contribution in [0.4, 0.5) is 15.3 Å². The summed E-state index contributed by atoms with van der Waals surface area (Å²) in [5.41, 5.74) is 1.38. The number of nitrogens with zero attached hydrogens (tertiary/aromatic N) is 1. The first-order chi connectivity index (χ1) is 12.8. The van der Waals surface area contributed by atoms with E-state index in [-0.39, 0.29) is 11.3 Å². The molecule has 0 radical (unpaired) electrons. The number of urea groups is 1. The van der Waals surface area contributed by atoms with Crippen LogP contribution in [0.25, 0.3) is 6.08 Å². The number of carboxylic acid groups (broad SMARTS) is 1. The molecule has 1 saturated heterocycles. The highest BCUT2D eigenvalue weighted by Crippen LogP contribution is 2.23. The number of hydrogen-bond donors (Lipinski definition) is 2. The summed E-state index contributed by atoms with van der Waals surface area (Å²) in [7, 11) is 0. The van der Waals surface area contributed by atoms with Crippen molar-refractivity contribution in [2.24, 2.45) is 0 Å². The first kappa shape index (κ1) is 17.9. The first-order valence-electron chi connectivity index (χ1n) is 7.84. The number of carbonyl (C=O) groups excluding carboxylic acids is 3. The van der Waals surface area contributed by atoms with Crippen LogP contribution in [0.5, 0.6) is 5.75 Å². The Labute approximate surface area is 153 Å². The van der Waals surface area contributed by atoms with Crippen molar-refractivity contribution in [2.45, 2.75) is 6.92 Å². The molecular weight excluding hydrogens is 352 g/mol. The zero-order chi connectivity index (χ0) is 19.6. The average Bonchev–Trinajstić information content (AvgIpc) is 2.60. The molecule has 2 N–H and O–H groups in total. The summed E-state index contributed by atoms with van der Waals surface area (Å²) in [5.74, 6) is -1.58. The minimum absolute atomic E-state index is 0.0342. The predicted molar refractivity (Wildman–Crippen MR) is 95.3 cm³/mol. The lowest BCUT2D eigenvalue weighted by molar-refractivity contribution is -0.122. The highest BCUT2D eigenvalue weighted by molar-refractivity contribution is 6.39. The quantitative estimate of drug-likeness (QED) is 0.374. The number of imide groups is 2. The van der Waals surface area contributed by atoms with Crippen molar-refractivity contribution in [2.75, 3.05) is 4.90 Å². The van der Waals surface area contributed by atoms with Gasteiger partial charge in [0.1, 0.15) is 11.3 Å². The van der Waals surface area contributed by atoms with Gasteiger partial charge in [-0.05, 0) is 42.8 Å². The third-order valence-electron chi connectivity index (χ3n) is 3.77. The largest absolute Gasteiger partial charge is 0.511 e. The van der Waals surface area contributed by atoms with Gasteiger partial charge in [0.2, 0.25) is 0 Å². The second-order valence-electron chi connectivity index (χ2n) is 5.73. The number of nitrogens with one attached hydrogen (secondary N) is 1. The average molecular weight is 366 g/mol. The highest BCUT2D eigenvalue weighted by atomic mass is 16.7. The molecule has 0 unspecified atom stereocenters. The Bertz CT molecular complexity index is 978. The maximum Gasteiger partial charge on any atom is 0.511 e. The fourth-order valence-corrected chi connectivity index (χ4v) is 2.52. The number of barbiturate groups is 1. The van der Waals surface area contributed by atoms with E-state index < -0.39 is 24.0 Å². The summed E-state index contributed by atoms with van der Waals surface area (Å²) >= 11 is 0. The van der Waals surface area contributed by atoms with Gasteiger partial charge in [0.15, 0.2) is 0 Å². The lowest BCUT2D eigenvalue weighted by Gasteiger charge is -2.26. The van der Waals surface area contributed by atoms with Crippen LogP contribution in [0.3, 0.4) is 0 Å². The third-order valence-corrected chi connectivity index (χ3v) is 3.77. The summed E-state index contributed by atoms with van der Waals surface area (Å²) in [6.07, 6.45) is -0.220. The van der Waals surface area contributed by atoms with Gasteiger partial charge in [-0.3, -0.25) is 14.9 Å². The molecular formula is C19H14N2O6. The van der Waals surface area contributed by atoms with Gasteiger partial charge in [-0.25, -0.2) is 14.5 Å². The van der Waals surface area contributed by atoms with Crippen LogP contribution in [-0.4, -0.2) is 29.1 Å². The highest BCUT2D eigenvalue weighted by Gasteiger charge is 2.36. The van der Waals surface area contributed by atoms with Crippen molar-refractivity contribution in [3.8, 4) is 5.75 Å². The zero-order valence-electron chi connectivity index (χ0n) is 14.1. The second kappa shape index (κ2) is 7.12. The van der Waals surface area contributed by atoms with Crippen molar-refractivity contribution in [1.29, 1.82) is 0 Å². The molecule has 1 aliphatic rings. The Morgan fingerprint density at radius 3 is 2.48 bits per heavy atom. The number of amides is 4. The summed E-state index contributed by atoms with van der Waals surface area (Å²) in [5, 5.41) is 10.8. The molecule has 0 atom stereocenters. The Balaban J connectivity index is 1.97. The van der Waals surface area contributed by atoms with Gasteiger partial charge in [0.05, 0.1) is 5.69 Å². The van der Waals surface area contributed by atoms with E-state index in [2.05, 4.69) is 10.1 Å². The minimum Gasteiger partial charge on any atom is -0.449 e. The molecule has 2 aromatic rings. The molecule has 1 heterocycles. The van der Waals surface area contributed by atoms with Gasteiger partial charge in [-0.2, -0.15) is 0 Å². The Morgan fingerprint density at radius 1 is 1.11 bits per heavy atom. The van der Waals surface area contributed by atoms with Crippen LogP contribution in [0.2, 0.25) is 0 Å². The Kier molecular flexibility index (Phi) is 4.71. The van der Waals surface area contributed by atoms with Crippen LogP contribution in [0.1, 0.15) is 11.1 Å². The van der Waals surface area contributed by atoms with E-state index in [9.17, 15) is 19.2 Å². The number of benzene rings is 2. The molecule has 136 valence electrons. The van der Waals surface area contributed by atoms with E-state index in [4.69, 9.17) is 5.11 Å². The predicted octanol–water partition coefficient (Wildman–Crippen LogP) is 2.72. The SMILES string of the molecule is Cc1ccc(N2C(=O)NC(=O)C(=Cc3cccc(OC(=O)O)c3)C2=O)cc1. The zero-order valence-corrected chi connectivity index (χ0v) is 14.1. The monoisotopic (exact) mass is 366 g/mol. The van der Waals surface area contributed by atoms with Gasteiger partial charge in [-0.1, -0.05) is 29.8 Å².